The number of carbonyl (C=O) groups is 2. The number of amides is 1. The van der Waals surface area contributed by atoms with Crippen molar-refractivity contribution in [2.24, 2.45) is 5.41 Å². The van der Waals surface area contributed by atoms with Gasteiger partial charge in [0.25, 0.3) is 0 Å². The summed E-state index contributed by atoms with van der Waals surface area (Å²) in [5.74, 6) is -1.69. The van der Waals surface area contributed by atoms with Gasteiger partial charge >= 0.3 is 5.97 Å². The monoisotopic (exact) mass is 259 g/mol. The van der Waals surface area contributed by atoms with Gasteiger partial charge in [-0.05, 0) is 0 Å². The molecule has 0 aromatic rings. The first-order chi connectivity index (χ1) is 6.81. The van der Waals surface area contributed by atoms with Gasteiger partial charge in [0.05, 0.1) is 13.0 Å². The summed E-state index contributed by atoms with van der Waals surface area (Å²) in [6.45, 7) is 2.70. The molecule has 7 heteroatoms. The number of carboxylic acid groups (broad SMARTS) is 1. The Morgan fingerprint density at radius 3 is 2.25 bits per heavy atom. The van der Waals surface area contributed by atoms with E-state index < -0.39 is 23.4 Å². The first-order valence-corrected chi connectivity index (χ1v) is 4.59. The van der Waals surface area contributed by atoms with Crippen LogP contribution in [0.5, 0.6) is 0 Å². The fraction of sp³-hybridized carbons (Fsp3) is 0.778. The van der Waals surface area contributed by atoms with Crippen LogP contribution >= 0.6 is 0 Å². The van der Waals surface area contributed by atoms with E-state index in [0.717, 1.165) is 0 Å². The zero-order valence-electron chi connectivity index (χ0n) is 9.56. The van der Waals surface area contributed by atoms with Gasteiger partial charge in [-0.3, -0.25) is 9.59 Å². The van der Waals surface area contributed by atoms with Crippen molar-refractivity contribution in [2.45, 2.75) is 26.4 Å². The molecule has 0 saturated carbocycles. The van der Waals surface area contributed by atoms with Gasteiger partial charge in [-0.15, -0.1) is 0 Å². The summed E-state index contributed by atoms with van der Waals surface area (Å²) in [6.07, 6.45) is -1.55. The molecular formula is C9H17CaNO5. The molecule has 0 saturated heterocycles. The van der Waals surface area contributed by atoms with Crippen LogP contribution in [0.2, 0.25) is 0 Å². The maximum atomic E-state index is 11.3. The minimum absolute atomic E-state index is 0. The Bertz CT molecular complexity index is 244. The van der Waals surface area contributed by atoms with Gasteiger partial charge in [-0.25, -0.2) is 0 Å². The Morgan fingerprint density at radius 2 is 1.88 bits per heavy atom. The van der Waals surface area contributed by atoms with Gasteiger partial charge in [0, 0.05) is 49.7 Å². The Balaban J connectivity index is 0. The zero-order chi connectivity index (χ0) is 12.1. The second-order valence-corrected chi connectivity index (χ2v) is 3.98. The molecular weight excluding hydrogens is 242 g/mol. The molecule has 1 amide bonds. The number of nitrogens with one attached hydrogen (secondary N) is 1. The van der Waals surface area contributed by atoms with Crippen LogP contribution in [0.1, 0.15) is 20.3 Å². The summed E-state index contributed by atoms with van der Waals surface area (Å²) < 4.78 is 0. The number of aliphatic hydroxyl groups excluding tert-OH is 2. The quantitative estimate of drug-likeness (QED) is 0.438. The van der Waals surface area contributed by atoms with Crippen molar-refractivity contribution in [3.63, 3.8) is 0 Å². The molecule has 16 heavy (non-hydrogen) atoms. The number of hydrogen-bond acceptors (Lipinski definition) is 4. The number of carbonyl (C=O) groups excluding carboxylic acids is 1. The molecule has 0 bridgehead atoms. The fourth-order valence-corrected chi connectivity index (χ4v) is 0.831. The molecule has 0 aromatic carbocycles. The minimum Gasteiger partial charge on any atom is -0.481 e. The molecule has 4 N–H and O–H groups in total. The largest absolute Gasteiger partial charge is 0.481 e. The van der Waals surface area contributed by atoms with E-state index in [4.69, 9.17) is 10.2 Å². The maximum Gasteiger partial charge on any atom is 0.305 e. The van der Waals surface area contributed by atoms with Crippen LogP contribution in [0.4, 0.5) is 0 Å². The summed E-state index contributed by atoms with van der Waals surface area (Å²) in [7, 11) is 0. The number of rotatable bonds is 6. The second kappa shape index (κ2) is 8.25. The van der Waals surface area contributed by atoms with Crippen molar-refractivity contribution in [3.8, 4) is 0 Å². The van der Waals surface area contributed by atoms with Gasteiger partial charge in [-0.1, -0.05) is 13.8 Å². The average Bonchev–Trinajstić information content (AvgIpc) is 2.15. The molecule has 0 aliphatic carbocycles. The topological polar surface area (TPSA) is 107 Å². The first kappa shape index (κ1) is 18.5. The van der Waals surface area contributed by atoms with Crippen molar-refractivity contribution < 1.29 is 24.9 Å². The third-order valence-electron chi connectivity index (χ3n) is 2.03. The molecule has 0 aliphatic heterocycles. The van der Waals surface area contributed by atoms with E-state index in [2.05, 4.69) is 5.32 Å². The summed E-state index contributed by atoms with van der Waals surface area (Å²) in [6, 6.07) is 0. The molecule has 0 aliphatic rings. The van der Waals surface area contributed by atoms with Crippen LogP contribution in [0.25, 0.3) is 0 Å². The van der Waals surface area contributed by atoms with Crippen LogP contribution < -0.4 is 5.32 Å². The molecule has 90 valence electrons. The third-order valence-corrected chi connectivity index (χ3v) is 2.03. The number of carboxylic acids is 1. The van der Waals surface area contributed by atoms with E-state index in [-0.39, 0.29) is 57.3 Å². The predicted octanol–water partition coefficient (Wildman–Crippen LogP) is -1.42. The van der Waals surface area contributed by atoms with Crippen molar-refractivity contribution in [2.75, 3.05) is 13.2 Å². The summed E-state index contributed by atoms with van der Waals surface area (Å²) in [5, 5.41) is 29.0. The van der Waals surface area contributed by atoms with E-state index >= 15 is 0 Å². The van der Waals surface area contributed by atoms with Crippen LogP contribution in [-0.2, 0) is 9.59 Å². The van der Waals surface area contributed by atoms with E-state index in [1.165, 1.54) is 13.8 Å². The molecule has 0 unspecified atom stereocenters. The van der Waals surface area contributed by atoms with Crippen LogP contribution in [0, 0.1) is 5.41 Å². The number of hydrogen-bond donors (Lipinski definition) is 4. The zero-order valence-corrected chi connectivity index (χ0v) is 11.8. The maximum absolute atomic E-state index is 11.3. The van der Waals surface area contributed by atoms with E-state index in [9.17, 15) is 14.7 Å². The first-order valence-electron chi connectivity index (χ1n) is 4.59. The van der Waals surface area contributed by atoms with E-state index in [1.807, 2.05) is 0 Å². The number of aliphatic hydroxyl groups is 2. The van der Waals surface area contributed by atoms with Gasteiger partial charge < -0.3 is 20.6 Å². The Hall–Kier alpha value is 0.120. The Kier molecular flexibility index (Phi) is 9.53. The molecule has 1 atom stereocenters. The van der Waals surface area contributed by atoms with Crippen LogP contribution in [0.15, 0.2) is 0 Å². The molecule has 0 heterocycles. The van der Waals surface area contributed by atoms with Gasteiger partial charge in [0.2, 0.25) is 5.91 Å². The van der Waals surface area contributed by atoms with Gasteiger partial charge in [0.15, 0.2) is 0 Å². The summed E-state index contributed by atoms with van der Waals surface area (Å²) in [5.41, 5.74) is -0.937. The standard InChI is InChI=1S/C9H17NO5.Ca/c1-9(2,5-11)7(14)8(15)10-4-3-6(12)13;/h7,11,14H,3-5H2,1-2H3,(H,10,15)(H,12,13);/t7-;/m0./s1. The Labute approximate surface area is 124 Å². The smallest absolute Gasteiger partial charge is 0.305 e. The summed E-state index contributed by atoms with van der Waals surface area (Å²) in [4.78, 5) is 21.4. The predicted molar refractivity (Wildman–Crippen MR) is 57.9 cm³/mol. The van der Waals surface area contributed by atoms with Gasteiger partial charge in [0.1, 0.15) is 6.10 Å². The van der Waals surface area contributed by atoms with E-state index in [0.29, 0.717) is 0 Å². The van der Waals surface area contributed by atoms with Crippen LogP contribution in [-0.4, -0.2) is 84.2 Å². The molecule has 0 aromatic heterocycles. The molecule has 6 nitrogen and oxygen atoms in total. The van der Waals surface area contributed by atoms with E-state index in [1.54, 1.807) is 0 Å². The normalized spacial score (nSPS) is 12.5. The van der Waals surface area contributed by atoms with Crippen LogP contribution in [0.3, 0.4) is 0 Å². The molecule has 0 fully saturated rings. The average molecular weight is 259 g/mol. The SMILES string of the molecule is CC(C)(CO)[C@@H](O)C(=O)NCCC(=O)O.[Ca]. The van der Waals surface area contributed by atoms with Crippen molar-refractivity contribution in [1.82, 2.24) is 5.32 Å². The van der Waals surface area contributed by atoms with Crippen molar-refractivity contribution in [1.29, 1.82) is 0 Å². The molecule has 2 radical (unpaired) electrons. The third kappa shape index (κ3) is 6.65. The number of aliphatic carboxylic acids is 1. The Morgan fingerprint density at radius 1 is 1.38 bits per heavy atom. The molecule has 0 rings (SSSR count). The minimum atomic E-state index is -1.35. The summed E-state index contributed by atoms with van der Waals surface area (Å²) >= 11 is 0. The molecule has 0 spiro atoms. The van der Waals surface area contributed by atoms with Gasteiger partial charge in [-0.2, -0.15) is 0 Å². The van der Waals surface area contributed by atoms with Crippen molar-refractivity contribution >= 4 is 49.6 Å². The second-order valence-electron chi connectivity index (χ2n) is 3.98. The fourth-order valence-electron chi connectivity index (χ4n) is 0.831. The van der Waals surface area contributed by atoms with Crippen molar-refractivity contribution in [3.05, 3.63) is 0 Å².